The summed E-state index contributed by atoms with van der Waals surface area (Å²) >= 11 is 1.26. The lowest BCUT2D eigenvalue weighted by Gasteiger charge is -2.14. The second-order valence-electron chi connectivity index (χ2n) is 5.38. The summed E-state index contributed by atoms with van der Waals surface area (Å²) in [4.78, 5) is 24.3. The van der Waals surface area contributed by atoms with Crippen molar-refractivity contribution in [2.24, 2.45) is 0 Å². The molecule has 0 spiro atoms. The Morgan fingerprint density at radius 1 is 1.07 bits per heavy atom. The van der Waals surface area contributed by atoms with E-state index in [1.54, 1.807) is 18.2 Å². The fourth-order valence-electron chi connectivity index (χ4n) is 2.32. The smallest absolute Gasteiger partial charge is 0.340 e. The van der Waals surface area contributed by atoms with Crippen LogP contribution in [0.25, 0.3) is 0 Å². The van der Waals surface area contributed by atoms with Gasteiger partial charge < -0.3 is 19.5 Å². The summed E-state index contributed by atoms with van der Waals surface area (Å²) in [6, 6.07) is 9.33. The number of rotatable bonds is 8. The van der Waals surface area contributed by atoms with E-state index in [2.05, 4.69) is 5.32 Å². The monoisotopic (exact) mass is 393 g/mol. The minimum Gasteiger partial charge on any atom is -0.493 e. The van der Waals surface area contributed by atoms with Crippen LogP contribution in [0.2, 0.25) is 0 Å². The topological polar surface area (TPSA) is 73.9 Å². The number of carbonyl (C=O) groups is 2. The number of esters is 1. The molecule has 2 aromatic carbocycles. The van der Waals surface area contributed by atoms with Crippen LogP contribution in [0.4, 0.5) is 10.1 Å². The molecule has 0 aliphatic heterocycles. The molecule has 0 saturated heterocycles. The molecular formula is C19H20FNO5S. The standard InChI is InChI=1S/C19H20FNO5S/c1-24-16-8-13(19(23)26-3)15(9-17(16)25-2)21-18(22)11-27-10-12-6-4-5-7-14(12)20/h4-9H,10-11H2,1-3H3,(H,21,22). The number of hydrogen-bond acceptors (Lipinski definition) is 6. The molecule has 1 amide bonds. The van der Waals surface area contributed by atoms with Crippen molar-refractivity contribution in [3.63, 3.8) is 0 Å². The zero-order chi connectivity index (χ0) is 19.8. The first kappa shape index (κ1) is 20.6. The number of nitrogens with one attached hydrogen (secondary N) is 1. The molecule has 2 rings (SSSR count). The largest absolute Gasteiger partial charge is 0.493 e. The number of halogens is 1. The van der Waals surface area contributed by atoms with E-state index in [4.69, 9.17) is 14.2 Å². The molecule has 0 radical (unpaired) electrons. The summed E-state index contributed by atoms with van der Waals surface area (Å²) in [5.41, 5.74) is 0.912. The molecule has 2 aromatic rings. The fraction of sp³-hybridized carbons (Fsp3) is 0.263. The minimum atomic E-state index is -0.620. The van der Waals surface area contributed by atoms with E-state index in [1.165, 1.54) is 51.3 Å². The quantitative estimate of drug-likeness (QED) is 0.692. The van der Waals surface area contributed by atoms with Crippen LogP contribution in [0.1, 0.15) is 15.9 Å². The summed E-state index contributed by atoms with van der Waals surface area (Å²) in [7, 11) is 4.14. The summed E-state index contributed by atoms with van der Waals surface area (Å²) < 4.78 is 28.7. The SMILES string of the molecule is COC(=O)c1cc(OC)c(OC)cc1NC(=O)CSCc1ccccc1F. The number of thioether (sulfide) groups is 1. The van der Waals surface area contributed by atoms with E-state index in [9.17, 15) is 14.0 Å². The minimum absolute atomic E-state index is 0.0866. The molecular weight excluding hydrogens is 373 g/mol. The molecule has 0 heterocycles. The first-order valence-corrected chi connectivity index (χ1v) is 9.11. The number of amides is 1. The second-order valence-corrected chi connectivity index (χ2v) is 6.36. The van der Waals surface area contributed by atoms with Gasteiger partial charge in [0.05, 0.1) is 38.3 Å². The molecule has 6 nitrogen and oxygen atoms in total. The van der Waals surface area contributed by atoms with Gasteiger partial charge in [0.25, 0.3) is 0 Å². The highest BCUT2D eigenvalue weighted by Crippen LogP contribution is 2.33. The highest BCUT2D eigenvalue weighted by molar-refractivity contribution is 7.99. The molecule has 1 N–H and O–H groups in total. The van der Waals surface area contributed by atoms with Gasteiger partial charge in [-0.25, -0.2) is 9.18 Å². The summed E-state index contributed by atoms with van der Waals surface area (Å²) in [5, 5.41) is 2.66. The Balaban J connectivity index is 2.09. The van der Waals surface area contributed by atoms with Crippen LogP contribution in [0.15, 0.2) is 36.4 Å². The van der Waals surface area contributed by atoms with Crippen molar-refractivity contribution >= 4 is 29.3 Å². The number of anilines is 1. The molecule has 0 fully saturated rings. The van der Waals surface area contributed by atoms with Crippen molar-refractivity contribution in [1.82, 2.24) is 0 Å². The van der Waals surface area contributed by atoms with Crippen LogP contribution in [0.5, 0.6) is 11.5 Å². The molecule has 144 valence electrons. The van der Waals surface area contributed by atoms with E-state index in [-0.39, 0.29) is 28.7 Å². The lowest BCUT2D eigenvalue weighted by Crippen LogP contribution is -2.17. The van der Waals surface area contributed by atoms with Crippen molar-refractivity contribution in [2.45, 2.75) is 5.75 Å². The van der Waals surface area contributed by atoms with Crippen molar-refractivity contribution in [1.29, 1.82) is 0 Å². The lowest BCUT2D eigenvalue weighted by atomic mass is 10.1. The Hall–Kier alpha value is -2.74. The van der Waals surface area contributed by atoms with Gasteiger partial charge in [-0.05, 0) is 11.6 Å². The molecule has 27 heavy (non-hydrogen) atoms. The normalized spacial score (nSPS) is 10.2. The summed E-state index contributed by atoms with van der Waals surface area (Å²) in [5.74, 6) is -0.124. The van der Waals surface area contributed by atoms with Crippen LogP contribution >= 0.6 is 11.8 Å². The van der Waals surface area contributed by atoms with Gasteiger partial charge in [0.1, 0.15) is 5.82 Å². The van der Waals surface area contributed by atoms with E-state index in [1.807, 2.05) is 0 Å². The van der Waals surface area contributed by atoms with Crippen LogP contribution in [0, 0.1) is 5.82 Å². The van der Waals surface area contributed by atoms with Crippen LogP contribution in [-0.2, 0) is 15.3 Å². The fourth-order valence-corrected chi connectivity index (χ4v) is 3.13. The molecule has 0 aliphatic carbocycles. The van der Waals surface area contributed by atoms with E-state index in [0.717, 1.165) is 0 Å². The number of benzene rings is 2. The summed E-state index contributed by atoms with van der Waals surface area (Å²) in [6.07, 6.45) is 0. The van der Waals surface area contributed by atoms with Gasteiger partial charge in [-0.3, -0.25) is 4.79 Å². The highest BCUT2D eigenvalue weighted by atomic mass is 32.2. The average molecular weight is 393 g/mol. The average Bonchev–Trinajstić information content (AvgIpc) is 2.68. The van der Waals surface area contributed by atoms with Gasteiger partial charge >= 0.3 is 5.97 Å². The third-order valence-electron chi connectivity index (χ3n) is 3.65. The molecule has 0 unspecified atom stereocenters. The van der Waals surface area contributed by atoms with Crippen molar-refractivity contribution in [2.75, 3.05) is 32.4 Å². The molecule has 0 bridgehead atoms. The second kappa shape index (κ2) is 9.82. The van der Waals surface area contributed by atoms with Crippen LogP contribution < -0.4 is 14.8 Å². The molecule has 8 heteroatoms. The molecule has 0 aromatic heterocycles. The maximum absolute atomic E-state index is 13.6. The van der Waals surface area contributed by atoms with Gasteiger partial charge in [-0.1, -0.05) is 18.2 Å². The van der Waals surface area contributed by atoms with Crippen molar-refractivity contribution in [3.05, 3.63) is 53.3 Å². The number of ether oxygens (including phenoxy) is 3. The first-order valence-electron chi connectivity index (χ1n) is 7.95. The molecule has 0 atom stereocenters. The maximum atomic E-state index is 13.6. The van der Waals surface area contributed by atoms with E-state index in [0.29, 0.717) is 22.8 Å². The zero-order valence-corrected chi connectivity index (χ0v) is 16.0. The third kappa shape index (κ3) is 5.37. The van der Waals surface area contributed by atoms with Crippen LogP contribution in [0.3, 0.4) is 0 Å². The number of methoxy groups -OCH3 is 3. The maximum Gasteiger partial charge on any atom is 0.340 e. The Bertz CT molecular complexity index is 828. The van der Waals surface area contributed by atoms with E-state index >= 15 is 0 Å². The first-order chi connectivity index (χ1) is 13.0. The van der Waals surface area contributed by atoms with Gasteiger partial charge in [0.2, 0.25) is 5.91 Å². The molecule has 0 aliphatic rings. The van der Waals surface area contributed by atoms with Gasteiger partial charge in [-0.2, -0.15) is 0 Å². The third-order valence-corrected chi connectivity index (χ3v) is 4.63. The Morgan fingerprint density at radius 3 is 2.37 bits per heavy atom. The summed E-state index contributed by atoms with van der Waals surface area (Å²) in [6.45, 7) is 0. The Kier molecular flexibility index (Phi) is 7.48. The van der Waals surface area contributed by atoms with Crippen molar-refractivity contribution < 1.29 is 28.2 Å². The predicted molar refractivity (Wildman–Crippen MR) is 102 cm³/mol. The lowest BCUT2D eigenvalue weighted by molar-refractivity contribution is -0.113. The van der Waals surface area contributed by atoms with Gasteiger partial charge in [0, 0.05) is 17.9 Å². The number of carbonyl (C=O) groups excluding carboxylic acids is 2. The van der Waals surface area contributed by atoms with Crippen molar-refractivity contribution in [3.8, 4) is 11.5 Å². The molecule has 0 saturated carbocycles. The van der Waals surface area contributed by atoms with E-state index < -0.39 is 5.97 Å². The predicted octanol–water partition coefficient (Wildman–Crippen LogP) is 3.50. The van der Waals surface area contributed by atoms with Crippen LogP contribution in [-0.4, -0.2) is 39.0 Å². The zero-order valence-electron chi connectivity index (χ0n) is 15.2. The Labute approximate surface area is 161 Å². The van der Waals surface area contributed by atoms with Gasteiger partial charge in [0.15, 0.2) is 11.5 Å². The van der Waals surface area contributed by atoms with Gasteiger partial charge in [-0.15, -0.1) is 11.8 Å². The number of hydrogen-bond donors (Lipinski definition) is 1. The Morgan fingerprint density at radius 2 is 1.74 bits per heavy atom. The highest BCUT2D eigenvalue weighted by Gasteiger charge is 2.19.